The van der Waals surface area contributed by atoms with E-state index in [-0.39, 0.29) is 5.56 Å². The van der Waals surface area contributed by atoms with E-state index in [0.717, 1.165) is 51.3 Å². The van der Waals surface area contributed by atoms with Gasteiger partial charge in [-0.25, -0.2) is 4.98 Å². The Morgan fingerprint density at radius 3 is 2.73 bits per heavy atom. The molecule has 0 atom stereocenters. The second-order valence-electron chi connectivity index (χ2n) is 6.80. The first-order chi connectivity index (χ1) is 12.6. The van der Waals surface area contributed by atoms with Gasteiger partial charge in [0.15, 0.2) is 5.16 Å². The molecule has 26 heavy (non-hydrogen) atoms. The molecule has 1 saturated heterocycles. The fourth-order valence-corrected chi connectivity index (χ4v) is 4.11. The summed E-state index contributed by atoms with van der Waals surface area (Å²) in [7, 11) is 0. The number of thioether (sulfide) groups is 1. The lowest BCUT2D eigenvalue weighted by molar-refractivity contribution is 0.259. The molecule has 0 saturated carbocycles. The first kappa shape index (κ1) is 19.0. The normalized spacial score (nSPS) is 15.4. The number of hydrogen-bond acceptors (Lipinski definition) is 5. The summed E-state index contributed by atoms with van der Waals surface area (Å²) in [6.45, 7) is 9.91. The monoisotopic (exact) mass is 372 g/mol. The van der Waals surface area contributed by atoms with E-state index in [1.165, 1.54) is 22.9 Å². The topological polar surface area (TPSA) is 52.2 Å². The van der Waals surface area contributed by atoms with Crippen LogP contribution in [0.5, 0.6) is 0 Å². The Hall–Kier alpha value is -1.79. The van der Waals surface area contributed by atoms with Crippen molar-refractivity contribution in [3.63, 3.8) is 0 Å². The Kier molecular flexibility index (Phi) is 6.74. The summed E-state index contributed by atoms with van der Waals surface area (Å²) in [5.41, 5.74) is 4.07. The van der Waals surface area contributed by atoms with Crippen LogP contribution in [0.4, 0.5) is 5.69 Å². The Morgan fingerprint density at radius 2 is 2.00 bits per heavy atom. The first-order valence-electron chi connectivity index (χ1n) is 9.40. The minimum absolute atomic E-state index is 0.0824. The second-order valence-corrected chi connectivity index (χ2v) is 7.88. The number of rotatable bonds is 7. The van der Waals surface area contributed by atoms with Gasteiger partial charge in [0.2, 0.25) is 0 Å². The van der Waals surface area contributed by atoms with Crippen LogP contribution in [-0.4, -0.2) is 53.3 Å². The fraction of sp³-hybridized carbons (Fsp3) is 0.500. The van der Waals surface area contributed by atoms with E-state index in [1.54, 1.807) is 18.0 Å². The number of nitrogens with zero attached hydrogens (tertiary/aromatic N) is 3. The lowest BCUT2D eigenvalue weighted by atomic mass is 10.1. The maximum Gasteiger partial charge on any atom is 0.251 e. The highest BCUT2D eigenvalue weighted by Gasteiger charge is 2.17. The van der Waals surface area contributed by atoms with Crippen molar-refractivity contribution < 1.29 is 0 Å². The van der Waals surface area contributed by atoms with Gasteiger partial charge in [0.25, 0.3) is 5.56 Å². The third kappa shape index (κ3) is 5.35. The molecule has 2 heterocycles. The van der Waals surface area contributed by atoms with Crippen LogP contribution in [0.25, 0.3) is 0 Å². The number of aryl methyl sites for hydroxylation is 2. The molecule has 1 aliphatic heterocycles. The number of benzene rings is 1. The van der Waals surface area contributed by atoms with Crippen LogP contribution >= 0.6 is 11.8 Å². The average Bonchev–Trinajstić information content (AvgIpc) is 2.65. The number of aromatic nitrogens is 2. The molecule has 0 amide bonds. The molecule has 140 valence electrons. The summed E-state index contributed by atoms with van der Waals surface area (Å²) in [5.74, 6) is 0.977. The Balaban J connectivity index is 1.41. The molecule has 6 heteroatoms. The molecule has 1 aromatic carbocycles. The Bertz CT molecular complexity index is 768. The van der Waals surface area contributed by atoms with E-state index in [1.807, 2.05) is 0 Å². The van der Waals surface area contributed by atoms with Gasteiger partial charge in [0.05, 0.1) is 0 Å². The summed E-state index contributed by atoms with van der Waals surface area (Å²) in [6.07, 6.45) is 3.76. The molecule has 1 fully saturated rings. The summed E-state index contributed by atoms with van der Waals surface area (Å²) < 4.78 is 0. The molecule has 1 aromatic heterocycles. The third-order valence-corrected chi connectivity index (χ3v) is 5.75. The van der Waals surface area contributed by atoms with E-state index in [2.05, 4.69) is 51.8 Å². The number of aromatic amines is 1. The lowest BCUT2D eigenvalue weighted by Crippen LogP contribution is -2.46. The van der Waals surface area contributed by atoms with E-state index >= 15 is 0 Å². The van der Waals surface area contributed by atoms with E-state index in [0.29, 0.717) is 5.16 Å². The molecule has 0 radical (unpaired) electrons. The molecular formula is C20H28N4OS. The van der Waals surface area contributed by atoms with Crippen molar-refractivity contribution in [1.29, 1.82) is 0 Å². The minimum atomic E-state index is -0.0824. The van der Waals surface area contributed by atoms with Gasteiger partial charge >= 0.3 is 0 Å². The summed E-state index contributed by atoms with van der Waals surface area (Å²) in [4.78, 5) is 23.2. The van der Waals surface area contributed by atoms with Crippen molar-refractivity contribution >= 4 is 17.4 Å². The van der Waals surface area contributed by atoms with Crippen molar-refractivity contribution in [2.45, 2.75) is 31.8 Å². The highest BCUT2D eigenvalue weighted by molar-refractivity contribution is 7.99. The first-order valence-corrected chi connectivity index (χ1v) is 10.4. The largest absolute Gasteiger partial charge is 0.369 e. The van der Waals surface area contributed by atoms with Crippen molar-refractivity contribution in [3.8, 4) is 0 Å². The number of hydrogen-bond donors (Lipinski definition) is 1. The lowest BCUT2D eigenvalue weighted by Gasteiger charge is -2.36. The van der Waals surface area contributed by atoms with Gasteiger partial charge in [-0.3, -0.25) is 9.69 Å². The standard InChI is InChI=1S/C20H28N4OS/c1-3-17-13-16(2)14-18(15-17)24-10-8-23(9-11-24)7-4-12-26-20-21-6-5-19(25)22-20/h5-6,13-15H,3-4,7-12H2,1-2H3,(H,21,22,25). The summed E-state index contributed by atoms with van der Waals surface area (Å²) in [6, 6.07) is 8.37. The van der Waals surface area contributed by atoms with E-state index in [4.69, 9.17) is 0 Å². The maximum atomic E-state index is 11.3. The molecule has 5 nitrogen and oxygen atoms in total. The average molecular weight is 373 g/mol. The number of anilines is 1. The molecule has 0 bridgehead atoms. The van der Waals surface area contributed by atoms with Crippen LogP contribution in [-0.2, 0) is 6.42 Å². The van der Waals surface area contributed by atoms with E-state index < -0.39 is 0 Å². The summed E-state index contributed by atoms with van der Waals surface area (Å²) >= 11 is 1.62. The SMILES string of the molecule is CCc1cc(C)cc(N2CCN(CCCSc3nccc(=O)[nH]3)CC2)c1. The quantitative estimate of drug-likeness (QED) is 0.460. The molecule has 1 N–H and O–H groups in total. The molecule has 0 aliphatic carbocycles. The highest BCUT2D eigenvalue weighted by atomic mass is 32.2. The van der Waals surface area contributed by atoms with Gasteiger partial charge in [-0.15, -0.1) is 0 Å². The van der Waals surface area contributed by atoms with Crippen molar-refractivity contribution in [2.75, 3.05) is 43.4 Å². The van der Waals surface area contributed by atoms with Gasteiger partial charge in [0, 0.05) is 49.9 Å². The summed E-state index contributed by atoms with van der Waals surface area (Å²) in [5, 5.41) is 0.716. The van der Waals surface area contributed by atoms with Gasteiger partial charge in [-0.05, 0) is 49.6 Å². The Morgan fingerprint density at radius 1 is 1.19 bits per heavy atom. The zero-order chi connectivity index (χ0) is 18.4. The number of H-pyrrole nitrogens is 1. The van der Waals surface area contributed by atoms with Crippen molar-refractivity contribution in [1.82, 2.24) is 14.9 Å². The predicted octanol–water partition coefficient (Wildman–Crippen LogP) is 2.95. The predicted molar refractivity (Wildman–Crippen MR) is 109 cm³/mol. The number of nitrogens with one attached hydrogen (secondary N) is 1. The Labute approximate surface area is 159 Å². The molecule has 1 aliphatic rings. The van der Waals surface area contributed by atoms with Gasteiger partial charge in [0.1, 0.15) is 0 Å². The number of piperazine rings is 1. The van der Waals surface area contributed by atoms with E-state index in [9.17, 15) is 4.79 Å². The fourth-order valence-electron chi connectivity index (χ4n) is 3.34. The van der Waals surface area contributed by atoms with Crippen molar-refractivity contribution in [3.05, 3.63) is 51.9 Å². The smallest absolute Gasteiger partial charge is 0.251 e. The van der Waals surface area contributed by atoms with Gasteiger partial charge < -0.3 is 9.88 Å². The zero-order valence-corrected chi connectivity index (χ0v) is 16.5. The van der Waals surface area contributed by atoms with Gasteiger partial charge in [-0.1, -0.05) is 24.8 Å². The third-order valence-electron chi connectivity index (χ3n) is 4.77. The molecule has 0 unspecified atom stereocenters. The van der Waals surface area contributed by atoms with Gasteiger partial charge in [-0.2, -0.15) is 0 Å². The molecule has 0 spiro atoms. The van der Waals surface area contributed by atoms with Crippen molar-refractivity contribution in [2.24, 2.45) is 0 Å². The minimum Gasteiger partial charge on any atom is -0.369 e. The van der Waals surface area contributed by atoms with Crippen LogP contribution in [0.2, 0.25) is 0 Å². The van der Waals surface area contributed by atoms with Crippen LogP contribution in [0.1, 0.15) is 24.5 Å². The van der Waals surface area contributed by atoms with Crippen LogP contribution in [0.15, 0.2) is 40.4 Å². The molecular weight excluding hydrogens is 344 g/mol. The highest BCUT2D eigenvalue weighted by Crippen LogP contribution is 2.21. The molecule has 2 aromatic rings. The van der Waals surface area contributed by atoms with Crippen LogP contribution < -0.4 is 10.5 Å². The van der Waals surface area contributed by atoms with Crippen LogP contribution in [0, 0.1) is 6.92 Å². The van der Waals surface area contributed by atoms with Crippen LogP contribution in [0.3, 0.4) is 0 Å². The second kappa shape index (κ2) is 9.24. The maximum absolute atomic E-state index is 11.3. The zero-order valence-electron chi connectivity index (χ0n) is 15.7. The molecule has 3 rings (SSSR count).